The Morgan fingerprint density at radius 2 is 1.00 bits per heavy atom. The molecule has 2 N–H and O–H groups in total. The summed E-state index contributed by atoms with van der Waals surface area (Å²) in [5.74, 6) is -4.55. The first-order chi connectivity index (χ1) is 12.0. The highest BCUT2D eigenvalue weighted by Gasteiger charge is 2.21. The van der Waals surface area contributed by atoms with Gasteiger partial charge in [0.1, 0.15) is 33.1 Å². The van der Waals surface area contributed by atoms with E-state index in [1.165, 1.54) is 0 Å². The van der Waals surface area contributed by atoms with Crippen LogP contribution in [0.5, 0.6) is 0 Å². The summed E-state index contributed by atoms with van der Waals surface area (Å²) in [6, 6.07) is 3.69. The molecule has 0 amide bonds. The molecule has 0 aliphatic carbocycles. The van der Waals surface area contributed by atoms with Gasteiger partial charge < -0.3 is 0 Å². The zero-order valence-electron chi connectivity index (χ0n) is 12.8. The molecule has 26 heavy (non-hydrogen) atoms. The first kappa shape index (κ1) is 20.3. The summed E-state index contributed by atoms with van der Waals surface area (Å²) in [4.78, 5) is -1.63. The molecule has 0 atom stereocenters. The Balaban J connectivity index is 2.01. The van der Waals surface area contributed by atoms with Gasteiger partial charge in [-0.15, -0.1) is 0 Å². The third-order valence-electron chi connectivity index (χ3n) is 3.08. The predicted molar refractivity (Wildman–Crippen MR) is 83.1 cm³/mol. The molecule has 0 bridgehead atoms. The molecule has 2 aromatic rings. The largest absolute Gasteiger partial charge is 0.243 e. The molecule has 0 saturated carbocycles. The van der Waals surface area contributed by atoms with Gasteiger partial charge in [0.15, 0.2) is 0 Å². The van der Waals surface area contributed by atoms with Crippen molar-refractivity contribution >= 4 is 20.0 Å². The minimum Gasteiger partial charge on any atom is -0.210 e. The van der Waals surface area contributed by atoms with Gasteiger partial charge in [0, 0.05) is 25.2 Å². The van der Waals surface area contributed by atoms with E-state index in [0.29, 0.717) is 24.3 Å². The first-order valence-electron chi connectivity index (χ1n) is 6.92. The number of nitrogens with one attached hydrogen (secondary N) is 2. The molecule has 0 saturated heterocycles. The van der Waals surface area contributed by atoms with E-state index in [4.69, 9.17) is 0 Å². The zero-order chi connectivity index (χ0) is 19.5. The molecule has 6 nitrogen and oxygen atoms in total. The Hall–Kier alpha value is -2.02. The van der Waals surface area contributed by atoms with Crippen molar-refractivity contribution in [2.24, 2.45) is 0 Å². The number of hydrogen-bond acceptors (Lipinski definition) is 4. The zero-order valence-corrected chi connectivity index (χ0v) is 14.5. The van der Waals surface area contributed by atoms with E-state index < -0.39 is 66.2 Å². The van der Waals surface area contributed by atoms with Crippen LogP contribution in [0.4, 0.5) is 17.6 Å². The fourth-order valence-electron chi connectivity index (χ4n) is 1.91. The molecular weight excluding hydrogens is 400 g/mol. The quantitative estimate of drug-likeness (QED) is 0.533. The van der Waals surface area contributed by atoms with Crippen LogP contribution in [-0.2, 0) is 20.0 Å². The molecule has 0 fully saturated rings. The van der Waals surface area contributed by atoms with Crippen LogP contribution in [-0.4, -0.2) is 29.9 Å². The second kappa shape index (κ2) is 7.70. The van der Waals surface area contributed by atoms with E-state index in [0.717, 1.165) is 12.1 Å². The van der Waals surface area contributed by atoms with Gasteiger partial charge in [0.25, 0.3) is 0 Å². The summed E-state index contributed by atoms with van der Waals surface area (Å²) in [6.45, 7) is -0.998. The molecular formula is C14H12F4N2O4S2. The van der Waals surface area contributed by atoms with Crippen LogP contribution in [0.25, 0.3) is 0 Å². The van der Waals surface area contributed by atoms with Crippen molar-refractivity contribution in [3.63, 3.8) is 0 Å². The Labute approximate surface area is 147 Å². The highest BCUT2D eigenvalue weighted by atomic mass is 32.2. The maximum atomic E-state index is 13.5. The van der Waals surface area contributed by atoms with Gasteiger partial charge >= 0.3 is 0 Å². The van der Waals surface area contributed by atoms with Crippen molar-refractivity contribution in [2.45, 2.75) is 9.79 Å². The van der Waals surface area contributed by atoms with Crippen molar-refractivity contribution in [3.05, 3.63) is 59.7 Å². The highest BCUT2D eigenvalue weighted by Crippen LogP contribution is 2.16. The van der Waals surface area contributed by atoms with E-state index >= 15 is 0 Å². The molecule has 0 aliphatic rings. The van der Waals surface area contributed by atoms with Gasteiger partial charge in [-0.25, -0.2) is 43.8 Å². The lowest BCUT2D eigenvalue weighted by Gasteiger charge is -2.10. The van der Waals surface area contributed by atoms with Crippen molar-refractivity contribution in [1.29, 1.82) is 0 Å². The van der Waals surface area contributed by atoms with Crippen molar-refractivity contribution in [1.82, 2.24) is 9.44 Å². The highest BCUT2D eigenvalue weighted by molar-refractivity contribution is 7.90. The Kier molecular flexibility index (Phi) is 6.01. The van der Waals surface area contributed by atoms with Gasteiger partial charge in [-0.3, -0.25) is 0 Å². The second-order valence-electron chi connectivity index (χ2n) is 4.95. The Bertz CT molecular complexity index is 944. The summed E-state index contributed by atoms with van der Waals surface area (Å²) >= 11 is 0. The van der Waals surface area contributed by atoms with Crippen LogP contribution in [0.1, 0.15) is 0 Å². The summed E-state index contributed by atoms with van der Waals surface area (Å²) in [5, 5.41) is 0. The lowest BCUT2D eigenvalue weighted by molar-refractivity contribution is 0.536. The summed E-state index contributed by atoms with van der Waals surface area (Å²) in [5.41, 5.74) is 0. The van der Waals surface area contributed by atoms with Gasteiger partial charge in [-0.1, -0.05) is 0 Å². The number of rotatable bonds is 7. The smallest absolute Gasteiger partial charge is 0.210 e. The summed E-state index contributed by atoms with van der Waals surface area (Å²) < 4.78 is 104. The molecule has 0 unspecified atom stereocenters. The summed E-state index contributed by atoms with van der Waals surface area (Å²) in [6.07, 6.45) is 0. The van der Waals surface area contributed by atoms with E-state index in [-0.39, 0.29) is 0 Å². The van der Waals surface area contributed by atoms with E-state index in [1.807, 2.05) is 9.44 Å². The van der Waals surface area contributed by atoms with Gasteiger partial charge in [0.2, 0.25) is 20.0 Å². The van der Waals surface area contributed by atoms with Crippen LogP contribution < -0.4 is 9.44 Å². The normalized spacial score (nSPS) is 12.3. The van der Waals surface area contributed by atoms with Gasteiger partial charge in [0.05, 0.1) is 0 Å². The van der Waals surface area contributed by atoms with E-state index in [9.17, 15) is 34.4 Å². The van der Waals surface area contributed by atoms with Gasteiger partial charge in [-0.2, -0.15) is 0 Å². The second-order valence-corrected chi connectivity index (χ2v) is 8.42. The maximum Gasteiger partial charge on any atom is 0.243 e. The molecule has 0 radical (unpaired) electrons. The molecule has 2 aromatic carbocycles. The molecule has 12 heteroatoms. The summed E-state index contributed by atoms with van der Waals surface area (Å²) in [7, 11) is -8.71. The van der Waals surface area contributed by atoms with Crippen LogP contribution in [0.2, 0.25) is 0 Å². The minimum absolute atomic E-state index is 0.384. The van der Waals surface area contributed by atoms with E-state index in [1.54, 1.807) is 0 Å². The lowest BCUT2D eigenvalue weighted by Crippen LogP contribution is -2.35. The monoisotopic (exact) mass is 412 g/mol. The number of sulfonamides is 2. The fourth-order valence-corrected chi connectivity index (χ4v) is 4.09. The average molecular weight is 412 g/mol. The topological polar surface area (TPSA) is 92.3 Å². The van der Waals surface area contributed by atoms with Gasteiger partial charge in [-0.05, 0) is 24.3 Å². The molecule has 0 aliphatic heterocycles. The molecule has 142 valence electrons. The van der Waals surface area contributed by atoms with Crippen molar-refractivity contribution in [2.75, 3.05) is 13.1 Å². The maximum absolute atomic E-state index is 13.5. The first-order valence-corrected chi connectivity index (χ1v) is 9.89. The standard InChI is InChI=1S/C14H12F4N2O4S2/c15-9-1-3-13(11(17)7-9)25(21,22)19-5-6-20-26(23,24)14-4-2-10(16)8-12(14)18/h1-4,7-8,19-20H,5-6H2. The molecule has 2 rings (SSSR count). The predicted octanol–water partition coefficient (Wildman–Crippen LogP) is 1.50. The Morgan fingerprint density at radius 1 is 0.654 bits per heavy atom. The van der Waals surface area contributed by atoms with Crippen LogP contribution >= 0.6 is 0 Å². The number of benzene rings is 2. The Morgan fingerprint density at radius 3 is 1.31 bits per heavy atom. The number of hydrogen-bond donors (Lipinski definition) is 2. The molecule has 0 spiro atoms. The van der Waals surface area contributed by atoms with Crippen LogP contribution in [0.15, 0.2) is 46.2 Å². The minimum atomic E-state index is -4.35. The molecule has 0 aromatic heterocycles. The molecule has 0 heterocycles. The van der Waals surface area contributed by atoms with Crippen LogP contribution in [0.3, 0.4) is 0 Å². The fraction of sp³-hybridized carbons (Fsp3) is 0.143. The van der Waals surface area contributed by atoms with Crippen LogP contribution in [0, 0.1) is 23.3 Å². The lowest BCUT2D eigenvalue weighted by atomic mass is 10.3. The average Bonchev–Trinajstić information content (AvgIpc) is 2.51. The SMILES string of the molecule is O=S(=O)(NCCNS(=O)(=O)c1ccc(F)cc1F)c1ccc(F)cc1F. The van der Waals surface area contributed by atoms with Crippen molar-refractivity contribution in [3.8, 4) is 0 Å². The third-order valence-corrected chi connectivity index (χ3v) is 6.06. The number of halogens is 4. The van der Waals surface area contributed by atoms with E-state index in [2.05, 4.69) is 0 Å². The third kappa shape index (κ3) is 4.78. The van der Waals surface area contributed by atoms with Crippen molar-refractivity contribution < 1.29 is 34.4 Å².